The van der Waals surface area contributed by atoms with E-state index in [0.29, 0.717) is 28.0 Å². The van der Waals surface area contributed by atoms with E-state index in [-0.39, 0.29) is 5.78 Å². The zero-order valence-corrected chi connectivity index (χ0v) is 12.3. The Hall–Kier alpha value is -2.54. The summed E-state index contributed by atoms with van der Waals surface area (Å²) in [4.78, 5) is 20.1. The quantitative estimate of drug-likeness (QED) is 0.748. The number of carbonyl (C=O) groups is 1. The predicted octanol–water partition coefficient (Wildman–Crippen LogP) is 3.23. The van der Waals surface area contributed by atoms with Crippen LogP contribution in [0.25, 0.3) is 11.3 Å². The summed E-state index contributed by atoms with van der Waals surface area (Å²) in [5.41, 5.74) is 2.57. The topological polar surface area (TPSA) is 80.8 Å². The Morgan fingerprint density at radius 1 is 1.33 bits per heavy atom. The van der Waals surface area contributed by atoms with E-state index in [1.807, 2.05) is 24.4 Å². The number of hydrogen-bond donors (Lipinski definition) is 1. The van der Waals surface area contributed by atoms with Crippen LogP contribution < -0.4 is 4.74 Å². The Kier molecular flexibility index (Phi) is 3.49. The summed E-state index contributed by atoms with van der Waals surface area (Å²) >= 11 is 1.34. The molecule has 3 aromatic heterocycles. The first kappa shape index (κ1) is 13.4. The van der Waals surface area contributed by atoms with E-state index < -0.39 is 0 Å². The van der Waals surface area contributed by atoms with Gasteiger partial charge in [-0.25, -0.2) is 9.97 Å². The first-order chi connectivity index (χ1) is 10.1. The summed E-state index contributed by atoms with van der Waals surface area (Å²) in [6.07, 6.45) is 1.65. The second-order valence-electron chi connectivity index (χ2n) is 4.42. The van der Waals surface area contributed by atoms with Gasteiger partial charge in [0.2, 0.25) is 5.88 Å². The Morgan fingerprint density at radius 3 is 2.95 bits per heavy atom. The van der Waals surface area contributed by atoms with Crippen LogP contribution in [0.15, 0.2) is 29.8 Å². The van der Waals surface area contributed by atoms with Gasteiger partial charge in [0.15, 0.2) is 5.78 Å². The summed E-state index contributed by atoms with van der Waals surface area (Å²) < 4.78 is 5.62. The predicted molar refractivity (Wildman–Crippen MR) is 78.7 cm³/mol. The van der Waals surface area contributed by atoms with Crippen LogP contribution in [0.3, 0.4) is 0 Å². The highest BCUT2D eigenvalue weighted by Crippen LogP contribution is 2.30. The van der Waals surface area contributed by atoms with Crippen LogP contribution in [0, 0.1) is 6.92 Å². The molecule has 0 aliphatic rings. The molecule has 0 aliphatic carbocycles. The second kappa shape index (κ2) is 5.45. The largest absolute Gasteiger partial charge is 0.412 e. The smallest absolute Gasteiger partial charge is 0.280 e. The summed E-state index contributed by atoms with van der Waals surface area (Å²) in [5, 5.41) is 8.91. The van der Waals surface area contributed by atoms with Gasteiger partial charge in [-0.05, 0) is 13.0 Å². The fraction of sp³-hybridized carbons (Fsp3) is 0.143. The zero-order valence-electron chi connectivity index (χ0n) is 11.5. The van der Waals surface area contributed by atoms with Crippen molar-refractivity contribution in [3.8, 4) is 22.3 Å². The van der Waals surface area contributed by atoms with Gasteiger partial charge >= 0.3 is 0 Å². The molecule has 0 unspecified atom stereocenters. The van der Waals surface area contributed by atoms with Crippen LogP contribution in [0.4, 0.5) is 0 Å². The molecule has 0 fully saturated rings. The number of Topliss-reactive ketones (excluding diaryl/α,β-unsaturated/α-hetero) is 1. The van der Waals surface area contributed by atoms with Crippen molar-refractivity contribution in [2.75, 3.05) is 0 Å². The molecule has 0 amide bonds. The average Bonchev–Trinajstić information content (AvgIpc) is 3.06. The molecule has 0 spiro atoms. The van der Waals surface area contributed by atoms with E-state index in [0.717, 1.165) is 5.69 Å². The van der Waals surface area contributed by atoms with Gasteiger partial charge in [0, 0.05) is 35.8 Å². The van der Waals surface area contributed by atoms with E-state index in [1.165, 1.54) is 18.3 Å². The maximum absolute atomic E-state index is 11.5. The number of aromatic nitrogens is 4. The number of H-pyrrole nitrogens is 1. The molecule has 0 saturated heterocycles. The van der Waals surface area contributed by atoms with Crippen molar-refractivity contribution in [2.45, 2.75) is 13.8 Å². The molecule has 3 rings (SSSR count). The van der Waals surface area contributed by atoms with Gasteiger partial charge < -0.3 is 4.74 Å². The highest BCUT2D eigenvalue weighted by atomic mass is 32.1. The number of carbonyl (C=O) groups excluding carboxylic acids is 1. The van der Waals surface area contributed by atoms with Gasteiger partial charge in [0.05, 0.1) is 5.69 Å². The van der Waals surface area contributed by atoms with Gasteiger partial charge in [-0.15, -0.1) is 0 Å². The molecular weight excluding hydrogens is 288 g/mol. The van der Waals surface area contributed by atoms with E-state index in [4.69, 9.17) is 4.74 Å². The number of ether oxygens (including phenoxy) is 1. The molecule has 1 N–H and O–H groups in total. The van der Waals surface area contributed by atoms with E-state index in [2.05, 4.69) is 20.2 Å². The fourth-order valence-electron chi connectivity index (χ4n) is 1.85. The molecule has 7 heteroatoms. The molecular formula is C14H12N4O2S. The first-order valence-electron chi connectivity index (χ1n) is 6.25. The highest BCUT2D eigenvalue weighted by Gasteiger charge is 2.15. The minimum absolute atomic E-state index is 0.109. The van der Waals surface area contributed by atoms with Crippen molar-refractivity contribution >= 4 is 17.1 Å². The number of nitrogens with zero attached hydrogens (tertiary/aromatic N) is 3. The second-order valence-corrected chi connectivity index (χ2v) is 5.24. The zero-order chi connectivity index (χ0) is 14.8. The SMILES string of the molecule is CC(=O)c1n[nH]cc1-c1csc(Oc2cccc(C)n2)n1. The molecule has 0 saturated carbocycles. The molecule has 106 valence electrons. The molecule has 21 heavy (non-hydrogen) atoms. The first-order valence-corrected chi connectivity index (χ1v) is 7.13. The maximum atomic E-state index is 11.5. The Labute approximate surface area is 124 Å². The highest BCUT2D eigenvalue weighted by molar-refractivity contribution is 7.11. The maximum Gasteiger partial charge on any atom is 0.280 e. The number of pyridine rings is 1. The van der Waals surface area contributed by atoms with Gasteiger partial charge in [0.1, 0.15) is 5.69 Å². The lowest BCUT2D eigenvalue weighted by Gasteiger charge is -2.00. The molecule has 3 aromatic rings. The number of thiazole rings is 1. The molecule has 0 atom stereocenters. The normalized spacial score (nSPS) is 10.6. The lowest BCUT2D eigenvalue weighted by atomic mass is 10.1. The van der Waals surface area contributed by atoms with Crippen molar-refractivity contribution in [3.63, 3.8) is 0 Å². The molecule has 3 heterocycles. The lowest BCUT2D eigenvalue weighted by Crippen LogP contribution is -1.95. The minimum atomic E-state index is -0.109. The summed E-state index contributed by atoms with van der Waals surface area (Å²) in [5.74, 6) is 0.386. The fourth-order valence-corrected chi connectivity index (χ4v) is 2.52. The van der Waals surface area contributed by atoms with Crippen LogP contribution in [0.2, 0.25) is 0 Å². The van der Waals surface area contributed by atoms with Crippen LogP contribution >= 0.6 is 11.3 Å². The number of hydrogen-bond acceptors (Lipinski definition) is 6. The number of aromatic amines is 1. The van der Waals surface area contributed by atoms with Gasteiger partial charge in [0.25, 0.3) is 5.19 Å². The third-order valence-corrected chi connectivity index (χ3v) is 3.50. The number of rotatable bonds is 4. The average molecular weight is 300 g/mol. The van der Waals surface area contributed by atoms with E-state index >= 15 is 0 Å². The number of ketones is 1. The van der Waals surface area contributed by atoms with Crippen LogP contribution in [0.1, 0.15) is 23.1 Å². The molecule has 0 aromatic carbocycles. The van der Waals surface area contributed by atoms with Crippen LogP contribution in [-0.4, -0.2) is 25.9 Å². The van der Waals surface area contributed by atoms with Crippen molar-refractivity contribution in [1.82, 2.24) is 20.2 Å². The summed E-state index contributed by atoms with van der Waals surface area (Å²) in [6.45, 7) is 3.37. The van der Waals surface area contributed by atoms with Crippen LogP contribution in [-0.2, 0) is 0 Å². The van der Waals surface area contributed by atoms with Gasteiger partial charge in [-0.2, -0.15) is 5.10 Å². The van der Waals surface area contributed by atoms with Crippen molar-refractivity contribution in [1.29, 1.82) is 0 Å². The third-order valence-electron chi connectivity index (χ3n) is 2.79. The third kappa shape index (κ3) is 2.82. The number of nitrogens with one attached hydrogen (secondary N) is 1. The van der Waals surface area contributed by atoms with Crippen LogP contribution in [0.5, 0.6) is 11.1 Å². The molecule has 0 aliphatic heterocycles. The Balaban J connectivity index is 1.86. The minimum Gasteiger partial charge on any atom is -0.412 e. The Bertz CT molecular complexity index is 794. The van der Waals surface area contributed by atoms with Crippen molar-refractivity contribution in [2.24, 2.45) is 0 Å². The summed E-state index contributed by atoms with van der Waals surface area (Å²) in [6, 6.07) is 5.54. The molecule has 0 bridgehead atoms. The lowest BCUT2D eigenvalue weighted by molar-refractivity contribution is 0.101. The van der Waals surface area contributed by atoms with E-state index in [1.54, 1.807) is 12.3 Å². The molecule has 6 nitrogen and oxygen atoms in total. The van der Waals surface area contributed by atoms with E-state index in [9.17, 15) is 4.79 Å². The number of aryl methyl sites for hydroxylation is 1. The molecule has 0 radical (unpaired) electrons. The monoisotopic (exact) mass is 300 g/mol. The Morgan fingerprint density at radius 2 is 2.19 bits per heavy atom. The standard InChI is InChI=1S/C14H12N4O2S/c1-8-4-3-5-12(16-8)20-14-17-11(7-21-14)10-6-15-18-13(10)9(2)19/h3-7H,1-2H3,(H,15,18). The van der Waals surface area contributed by atoms with Gasteiger partial charge in [-0.3, -0.25) is 9.89 Å². The van der Waals surface area contributed by atoms with Crippen molar-refractivity contribution < 1.29 is 9.53 Å². The van der Waals surface area contributed by atoms with Crippen molar-refractivity contribution in [3.05, 3.63) is 41.2 Å². The summed E-state index contributed by atoms with van der Waals surface area (Å²) in [7, 11) is 0. The van der Waals surface area contributed by atoms with Gasteiger partial charge in [-0.1, -0.05) is 17.4 Å².